The van der Waals surface area contributed by atoms with Crippen molar-refractivity contribution >= 4 is 17.6 Å². The van der Waals surface area contributed by atoms with Crippen molar-refractivity contribution < 1.29 is 9.59 Å². The molecule has 25 heavy (non-hydrogen) atoms. The van der Waals surface area contributed by atoms with Crippen molar-refractivity contribution in [3.8, 4) is 0 Å². The molecule has 1 aromatic heterocycles. The van der Waals surface area contributed by atoms with E-state index in [2.05, 4.69) is 15.2 Å². The summed E-state index contributed by atoms with van der Waals surface area (Å²) in [5.74, 6) is 0.882. The van der Waals surface area contributed by atoms with E-state index in [9.17, 15) is 9.59 Å². The summed E-state index contributed by atoms with van der Waals surface area (Å²) in [6.07, 6.45) is 2.10. The number of hydrogen-bond donors (Lipinski definition) is 1. The molecule has 3 rings (SSSR count). The molecule has 0 spiro atoms. The lowest BCUT2D eigenvalue weighted by Gasteiger charge is -2.35. The number of nitrogens with one attached hydrogen (secondary N) is 1. The highest BCUT2D eigenvalue weighted by molar-refractivity contribution is 5.94. The van der Waals surface area contributed by atoms with Crippen molar-refractivity contribution in [2.45, 2.75) is 6.42 Å². The van der Waals surface area contributed by atoms with Crippen LogP contribution in [0.3, 0.4) is 0 Å². The molecule has 1 aliphatic heterocycles. The number of aromatic nitrogens is 1. The number of carbonyl (C=O) groups is 2. The van der Waals surface area contributed by atoms with Crippen molar-refractivity contribution in [1.82, 2.24) is 15.2 Å². The van der Waals surface area contributed by atoms with E-state index < -0.39 is 0 Å². The molecule has 130 valence electrons. The van der Waals surface area contributed by atoms with E-state index >= 15 is 0 Å². The minimum atomic E-state index is -0.145. The first-order valence-corrected chi connectivity index (χ1v) is 8.51. The Balaban J connectivity index is 1.40. The zero-order chi connectivity index (χ0) is 17.5. The van der Waals surface area contributed by atoms with Crippen LogP contribution in [-0.4, -0.2) is 54.4 Å². The molecule has 0 radical (unpaired) electrons. The third-order valence-electron chi connectivity index (χ3n) is 4.27. The van der Waals surface area contributed by atoms with E-state index in [1.54, 1.807) is 18.3 Å². The Labute approximate surface area is 147 Å². The van der Waals surface area contributed by atoms with Gasteiger partial charge in [-0.15, -0.1) is 0 Å². The second-order valence-corrected chi connectivity index (χ2v) is 5.93. The van der Waals surface area contributed by atoms with Crippen molar-refractivity contribution in [2.24, 2.45) is 0 Å². The topological polar surface area (TPSA) is 65.5 Å². The normalized spacial score (nSPS) is 14.2. The van der Waals surface area contributed by atoms with Crippen molar-refractivity contribution in [3.63, 3.8) is 0 Å². The van der Waals surface area contributed by atoms with Gasteiger partial charge in [-0.2, -0.15) is 0 Å². The summed E-state index contributed by atoms with van der Waals surface area (Å²) in [7, 11) is 0. The monoisotopic (exact) mass is 338 g/mol. The third-order valence-corrected chi connectivity index (χ3v) is 4.27. The molecular weight excluding hydrogens is 316 g/mol. The summed E-state index contributed by atoms with van der Waals surface area (Å²) in [5, 5.41) is 2.80. The first-order valence-electron chi connectivity index (χ1n) is 8.51. The van der Waals surface area contributed by atoms with Crippen LogP contribution in [-0.2, 0) is 4.79 Å². The molecule has 0 saturated carbocycles. The maximum Gasteiger partial charge on any atom is 0.251 e. The van der Waals surface area contributed by atoms with Crippen molar-refractivity contribution in [3.05, 3.63) is 60.3 Å². The summed E-state index contributed by atoms with van der Waals surface area (Å²) in [4.78, 5) is 32.6. The predicted octanol–water partition coefficient (Wildman–Crippen LogP) is 1.55. The number of piperazine rings is 1. The fraction of sp³-hybridized carbons (Fsp3) is 0.316. The molecule has 0 bridgehead atoms. The number of carbonyl (C=O) groups excluding carboxylic acids is 2. The van der Waals surface area contributed by atoms with Gasteiger partial charge in [0.1, 0.15) is 5.82 Å². The van der Waals surface area contributed by atoms with Gasteiger partial charge in [0, 0.05) is 50.9 Å². The van der Waals surface area contributed by atoms with Gasteiger partial charge in [-0.1, -0.05) is 24.3 Å². The van der Waals surface area contributed by atoms with E-state index in [1.807, 2.05) is 41.3 Å². The van der Waals surface area contributed by atoms with Gasteiger partial charge < -0.3 is 15.1 Å². The van der Waals surface area contributed by atoms with Gasteiger partial charge in [0.25, 0.3) is 5.91 Å². The molecule has 0 aliphatic carbocycles. The van der Waals surface area contributed by atoms with Crippen LogP contribution in [0.25, 0.3) is 0 Å². The van der Waals surface area contributed by atoms with Crippen LogP contribution in [0.1, 0.15) is 16.8 Å². The first kappa shape index (κ1) is 17.0. The first-order chi connectivity index (χ1) is 12.2. The number of amides is 2. The highest BCUT2D eigenvalue weighted by Gasteiger charge is 2.21. The number of hydrogen-bond acceptors (Lipinski definition) is 4. The Bertz CT molecular complexity index is 698. The highest BCUT2D eigenvalue weighted by atomic mass is 16.2. The maximum absolute atomic E-state index is 12.3. The zero-order valence-corrected chi connectivity index (χ0v) is 14.1. The largest absolute Gasteiger partial charge is 0.353 e. The lowest BCUT2D eigenvalue weighted by molar-refractivity contribution is -0.131. The van der Waals surface area contributed by atoms with E-state index in [0.717, 1.165) is 18.9 Å². The summed E-state index contributed by atoms with van der Waals surface area (Å²) in [6.45, 7) is 3.27. The van der Waals surface area contributed by atoms with Gasteiger partial charge in [0.2, 0.25) is 5.91 Å². The summed E-state index contributed by atoms with van der Waals surface area (Å²) in [5.41, 5.74) is 0.610. The number of anilines is 1. The fourth-order valence-corrected chi connectivity index (χ4v) is 2.86. The minimum Gasteiger partial charge on any atom is -0.353 e. The van der Waals surface area contributed by atoms with Crippen LogP contribution in [0, 0.1) is 0 Å². The number of nitrogens with zero attached hydrogens (tertiary/aromatic N) is 3. The predicted molar refractivity (Wildman–Crippen MR) is 96.4 cm³/mol. The van der Waals surface area contributed by atoms with Gasteiger partial charge in [0.05, 0.1) is 0 Å². The van der Waals surface area contributed by atoms with Crippen LogP contribution >= 0.6 is 0 Å². The maximum atomic E-state index is 12.3. The molecule has 2 aromatic rings. The summed E-state index contributed by atoms with van der Waals surface area (Å²) in [6, 6.07) is 14.9. The molecule has 6 heteroatoms. The average molecular weight is 338 g/mol. The summed E-state index contributed by atoms with van der Waals surface area (Å²) >= 11 is 0. The molecule has 1 aliphatic rings. The Hall–Kier alpha value is -2.89. The Morgan fingerprint density at radius 3 is 2.36 bits per heavy atom. The van der Waals surface area contributed by atoms with Crippen molar-refractivity contribution in [2.75, 3.05) is 37.6 Å². The molecule has 1 aromatic carbocycles. The van der Waals surface area contributed by atoms with E-state index in [0.29, 0.717) is 31.6 Å². The zero-order valence-electron chi connectivity index (χ0n) is 14.1. The molecule has 1 N–H and O–H groups in total. The van der Waals surface area contributed by atoms with Gasteiger partial charge in [-0.05, 0) is 24.3 Å². The highest BCUT2D eigenvalue weighted by Crippen LogP contribution is 2.12. The van der Waals surface area contributed by atoms with E-state index in [-0.39, 0.29) is 11.8 Å². The van der Waals surface area contributed by atoms with Crippen LogP contribution < -0.4 is 10.2 Å². The lowest BCUT2D eigenvalue weighted by Crippen LogP contribution is -2.49. The van der Waals surface area contributed by atoms with Gasteiger partial charge in [-0.3, -0.25) is 9.59 Å². The molecule has 0 unspecified atom stereocenters. The fourth-order valence-electron chi connectivity index (χ4n) is 2.86. The second kappa shape index (κ2) is 8.28. The average Bonchev–Trinajstić information content (AvgIpc) is 2.69. The Morgan fingerprint density at radius 2 is 1.68 bits per heavy atom. The van der Waals surface area contributed by atoms with E-state index in [4.69, 9.17) is 0 Å². The van der Waals surface area contributed by atoms with Crippen LogP contribution in [0.5, 0.6) is 0 Å². The number of benzene rings is 1. The molecular formula is C19H22N4O2. The van der Waals surface area contributed by atoms with Crippen molar-refractivity contribution in [1.29, 1.82) is 0 Å². The molecule has 1 saturated heterocycles. The van der Waals surface area contributed by atoms with Crippen LogP contribution in [0.15, 0.2) is 54.7 Å². The SMILES string of the molecule is O=C(NCCC(=O)N1CCN(c2ccccn2)CC1)c1ccccc1. The standard InChI is InChI=1S/C19H22N4O2/c24-18(9-11-21-19(25)16-6-2-1-3-7-16)23-14-12-22(13-15-23)17-8-4-5-10-20-17/h1-8,10H,9,11-15H2,(H,21,25). The quantitative estimate of drug-likeness (QED) is 0.898. The lowest BCUT2D eigenvalue weighted by atomic mass is 10.2. The Kier molecular flexibility index (Phi) is 5.61. The number of rotatable bonds is 5. The smallest absolute Gasteiger partial charge is 0.251 e. The second-order valence-electron chi connectivity index (χ2n) is 5.93. The molecule has 2 amide bonds. The third kappa shape index (κ3) is 4.56. The molecule has 1 fully saturated rings. The molecule has 2 heterocycles. The molecule has 6 nitrogen and oxygen atoms in total. The number of pyridine rings is 1. The Morgan fingerprint density at radius 1 is 0.960 bits per heavy atom. The van der Waals surface area contributed by atoms with Crippen LogP contribution in [0.4, 0.5) is 5.82 Å². The summed E-state index contributed by atoms with van der Waals surface area (Å²) < 4.78 is 0. The molecule has 0 atom stereocenters. The van der Waals surface area contributed by atoms with Gasteiger partial charge >= 0.3 is 0 Å². The van der Waals surface area contributed by atoms with Crippen LogP contribution in [0.2, 0.25) is 0 Å². The minimum absolute atomic E-state index is 0.0778. The van der Waals surface area contributed by atoms with Gasteiger partial charge in [-0.25, -0.2) is 4.98 Å². The van der Waals surface area contributed by atoms with E-state index in [1.165, 1.54) is 0 Å². The van der Waals surface area contributed by atoms with Gasteiger partial charge in [0.15, 0.2) is 0 Å².